The molecule has 2 amide bonds. The number of ether oxygens (including phenoxy) is 1. The van der Waals surface area contributed by atoms with Crippen LogP contribution in [0.5, 0.6) is 5.75 Å². The van der Waals surface area contributed by atoms with Crippen molar-refractivity contribution >= 4 is 44.8 Å². The van der Waals surface area contributed by atoms with Crippen LogP contribution in [0.15, 0.2) is 42.5 Å². The summed E-state index contributed by atoms with van der Waals surface area (Å²) in [6.07, 6.45) is -0.0703. The van der Waals surface area contributed by atoms with Crippen LogP contribution in [0.3, 0.4) is 0 Å². The van der Waals surface area contributed by atoms with E-state index in [9.17, 15) is 18.0 Å². The van der Waals surface area contributed by atoms with Crippen LogP contribution in [0.2, 0.25) is 5.02 Å². The first-order chi connectivity index (χ1) is 14.8. The first-order valence-corrected chi connectivity index (χ1v) is 11.8. The van der Waals surface area contributed by atoms with Crippen LogP contribution in [-0.2, 0) is 14.8 Å². The lowest BCUT2D eigenvalue weighted by Crippen LogP contribution is -2.49. The molecule has 8 nitrogen and oxygen atoms in total. The third-order valence-corrected chi connectivity index (χ3v) is 7.51. The Balaban J connectivity index is 1.52. The molecular formula is C21H22ClN3O5S. The number of amides is 2. The zero-order valence-electron chi connectivity index (χ0n) is 17.0. The van der Waals surface area contributed by atoms with Gasteiger partial charge in [0, 0.05) is 32.6 Å². The summed E-state index contributed by atoms with van der Waals surface area (Å²) in [5, 5.41) is 0.213. The van der Waals surface area contributed by atoms with Crippen molar-refractivity contribution in [3.8, 4) is 5.75 Å². The van der Waals surface area contributed by atoms with Crippen LogP contribution in [0.1, 0.15) is 16.8 Å². The van der Waals surface area contributed by atoms with Gasteiger partial charge in [-0.1, -0.05) is 23.7 Å². The van der Waals surface area contributed by atoms with Gasteiger partial charge in [-0.3, -0.25) is 9.59 Å². The van der Waals surface area contributed by atoms with E-state index in [1.807, 2.05) is 24.3 Å². The topological polar surface area (TPSA) is 87.2 Å². The minimum Gasteiger partial charge on any atom is -0.495 e. The molecule has 0 N–H and O–H groups in total. The maximum atomic E-state index is 13.1. The predicted octanol–water partition coefficient (Wildman–Crippen LogP) is 2.38. The van der Waals surface area contributed by atoms with Crippen molar-refractivity contribution in [3.63, 3.8) is 0 Å². The molecule has 2 aromatic rings. The van der Waals surface area contributed by atoms with Gasteiger partial charge in [-0.05, 0) is 30.3 Å². The SMILES string of the molecule is COc1ccccc1N1CCN(C(=O)c2cc(N3C(=O)CCS3(=O)=O)ccc2Cl)CC1. The van der Waals surface area contributed by atoms with Gasteiger partial charge in [0.25, 0.3) is 5.91 Å². The molecule has 0 spiro atoms. The van der Waals surface area contributed by atoms with E-state index in [1.54, 1.807) is 12.0 Å². The molecule has 0 aromatic heterocycles. The number of halogens is 1. The van der Waals surface area contributed by atoms with E-state index >= 15 is 0 Å². The summed E-state index contributed by atoms with van der Waals surface area (Å²) in [5.74, 6) is -0.265. The lowest BCUT2D eigenvalue weighted by Gasteiger charge is -2.36. The maximum absolute atomic E-state index is 13.1. The fourth-order valence-corrected chi connectivity index (χ4v) is 5.53. The van der Waals surface area contributed by atoms with Gasteiger partial charge in [-0.25, -0.2) is 12.7 Å². The Labute approximate surface area is 186 Å². The Morgan fingerprint density at radius 3 is 2.42 bits per heavy atom. The van der Waals surface area contributed by atoms with E-state index in [-0.39, 0.29) is 34.4 Å². The van der Waals surface area contributed by atoms with Gasteiger partial charge >= 0.3 is 0 Å². The molecule has 2 saturated heterocycles. The smallest absolute Gasteiger partial charge is 0.255 e. The van der Waals surface area contributed by atoms with Crippen molar-refractivity contribution in [2.45, 2.75) is 6.42 Å². The second-order valence-electron chi connectivity index (χ2n) is 7.34. The Morgan fingerprint density at radius 2 is 1.77 bits per heavy atom. The molecule has 0 unspecified atom stereocenters. The summed E-state index contributed by atoms with van der Waals surface area (Å²) >= 11 is 6.26. The summed E-state index contributed by atoms with van der Waals surface area (Å²) in [5.41, 5.74) is 1.29. The van der Waals surface area contributed by atoms with Crippen molar-refractivity contribution in [2.75, 3.05) is 48.2 Å². The summed E-state index contributed by atoms with van der Waals surface area (Å²) in [4.78, 5) is 29.1. The molecule has 0 bridgehead atoms. The quantitative estimate of drug-likeness (QED) is 0.691. The number of benzene rings is 2. The highest BCUT2D eigenvalue weighted by atomic mass is 35.5. The number of piperazine rings is 1. The second kappa shape index (κ2) is 8.39. The number of carbonyl (C=O) groups excluding carboxylic acids is 2. The number of sulfonamides is 1. The first-order valence-electron chi connectivity index (χ1n) is 9.84. The average molecular weight is 464 g/mol. The zero-order valence-corrected chi connectivity index (χ0v) is 18.5. The van der Waals surface area contributed by atoms with Gasteiger partial charge in [0.05, 0.1) is 34.8 Å². The molecule has 0 atom stereocenters. The molecule has 0 radical (unpaired) electrons. The number of anilines is 2. The van der Waals surface area contributed by atoms with Gasteiger partial charge < -0.3 is 14.5 Å². The number of para-hydroxylation sites is 2. The largest absolute Gasteiger partial charge is 0.495 e. The standard InChI is InChI=1S/C21H22ClN3O5S/c1-30-19-5-3-2-4-18(19)23-9-11-24(12-10-23)21(27)16-14-15(6-7-17(16)22)25-20(26)8-13-31(25,28)29/h2-7,14H,8-13H2,1H3. The Kier molecular flexibility index (Phi) is 5.81. The number of nitrogens with zero attached hydrogens (tertiary/aromatic N) is 3. The summed E-state index contributed by atoms with van der Waals surface area (Å²) in [6.45, 7) is 2.17. The number of methoxy groups -OCH3 is 1. The molecule has 0 aliphatic carbocycles. The highest BCUT2D eigenvalue weighted by Gasteiger charge is 2.37. The van der Waals surface area contributed by atoms with Crippen molar-refractivity contribution in [1.29, 1.82) is 0 Å². The minimum atomic E-state index is -3.72. The van der Waals surface area contributed by atoms with E-state index in [0.717, 1.165) is 15.7 Å². The van der Waals surface area contributed by atoms with E-state index in [2.05, 4.69) is 4.90 Å². The summed E-state index contributed by atoms with van der Waals surface area (Å²) in [7, 11) is -2.09. The lowest BCUT2D eigenvalue weighted by atomic mass is 10.1. The molecule has 31 heavy (non-hydrogen) atoms. The predicted molar refractivity (Wildman–Crippen MR) is 118 cm³/mol. The molecule has 4 rings (SSSR count). The number of carbonyl (C=O) groups is 2. The second-order valence-corrected chi connectivity index (χ2v) is 9.68. The summed E-state index contributed by atoms with van der Waals surface area (Å²) < 4.78 is 30.6. The third kappa shape index (κ3) is 4.07. The summed E-state index contributed by atoms with van der Waals surface area (Å²) in [6, 6.07) is 12.0. The van der Waals surface area contributed by atoms with Crippen molar-refractivity contribution in [2.24, 2.45) is 0 Å². The lowest BCUT2D eigenvalue weighted by molar-refractivity contribution is -0.116. The van der Waals surface area contributed by atoms with Crippen LogP contribution in [-0.4, -0.2) is 64.2 Å². The van der Waals surface area contributed by atoms with Gasteiger partial charge in [0.1, 0.15) is 5.75 Å². The Morgan fingerprint density at radius 1 is 1.06 bits per heavy atom. The number of hydrogen-bond acceptors (Lipinski definition) is 6. The number of hydrogen-bond donors (Lipinski definition) is 0. The fraction of sp³-hybridized carbons (Fsp3) is 0.333. The highest BCUT2D eigenvalue weighted by Crippen LogP contribution is 2.31. The van der Waals surface area contributed by atoms with Crippen molar-refractivity contribution in [3.05, 3.63) is 53.1 Å². The molecule has 2 aliphatic rings. The van der Waals surface area contributed by atoms with Gasteiger partial charge in [0.2, 0.25) is 15.9 Å². The molecule has 164 valence electrons. The van der Waals surface area contributed by atoms with E-state index in [4.69, 9.17) is 16.3 Å². The van der Waals surface area contributed by atoms with Crippen molar-refractivity contribution in [1.82, 2.24) is 4.90 Å². The van der Waals surface area contributed by atoms with E-state index < -0.39 is 15.9 Å². The minimum absolute atomic E-state index is 0.0703. The van der Waals surface area contributed by atoms with Crippen LogP contribution >= 0.6 is 11.6 Å². The molecular weight excluding hydrogens is 442 g/mol. The van der Waals surface area contributed by atoms with Crippen LogP contribution in [0, 0.1) is 0 Å². The highest BCUT2D eigenvalue weighted by molar-refractivity contribution is 7.94. The molecule has 2 aromatic carbocycles. The van der Waals surface area contributed by atoms with Crippen LogP contribution in [0.25, 0.3) is 0 Å². The first kappa shape index (κ1) is 21.5. The van der Waals surface area contributed by atoms with Gasteiger partial charge in [-0.2, -0.15) is 0 Å². The zero-order chi connectivity index (χ0) is 22.2. The molecule has 0 saturated carbocycles. The van der Waals surface area contributed by atoms with Crippen LogP contribution < -0.4 is 13.9 Å². The van der Waals surface area contributed by atoms with Crippen LogP contribution in [0.4, 0.5) is 11.4 Å². The maximum Gasteiger partial charge on any atom is 0.255 e. The third-order valence-electron chi connectivity index (χ3n) is 5.49. The number of rotatable bonds is 4. The van der Waals surface area contributed by atoms with Gasteiger partial charge in [0.15, 0.2) is 0 Å². The molecule has 2 heterocycles. The normalized spacial score (nSPS) is 18.4. The monoisotopic (exact) mass is 463 g/mol. The van der Waals surface area contributed by atoms with E-state index in [1.165, 1.54) is 18.2 Å². The van der Waals surface area contributed by atoms with Gasteiger partial charge in [-0.15, -0.1) is 0 Å². The van der Waals surface area contributed by atoms with E-state index in [0.29, 0.717) is 26.2 Å². The van der Waals surface area contributed by atoms with Crippen molar-refractivity contribution < 1.29 is 22.7 Å². The Hall–Kier alpha value is -2.78. The molecule has 2 aliphatic heterocycles. The fourth-order valence-electron chi connectivity index (χ4n) is 3.88. The average Bonchev–Trinajstić information content (AvgIpc) is 3.06. The molecule has 2 fully saturated rings. The Bertz CT molecular complexity index is 1130. The molecule has 10 heteroatoms.